The Morgan fingerprint density at radius 1 is 1.17 bits per heavy atom. The number of piperidine rings is 1. The summed E-state index contributed by atoms with van der Waals surface area (Å²) in [6, 6.07) is 8.73. The Hall–Kier alpha value is -4.17. The van der Waals surface area contributed by atoms with Crippen LogP contribution in [-0.4, -0.2) is 68.8 Å². The molecule has 3 atom stereocenters. The van der Waals surface area contributed by atoms with Gasteiger partial charge in [0.25, 0.3) is 0 Å². The Kier molecular flexibility index (Phi) is 8.21. The Bertz CT molecular complexity index is 1690. The molecule has 2 aliphatic heterocycles. The van der Waals surface area contributed by atoms with E-state index in [0.717, 1.165) is 10.8 Å². The minimum atomic E-state index is -5.05. The monoisotopic (exact) mass is 661 g/mol. The van der Waals surface area contributed by atoms with E-state index in [-0.39, 0.29) is 17.2 Å². The first kappa shape index (κ1) is 31.8. The van der Waals surface area contributed by atoms with Crippen LogP contribution in [0.4, 0.5) is 29.3 Å². The quantitative estimate of drug-likeness (QED) is 0.289. The van der Waals surface area contributed by atoms with Gasteiger partial charge in [-0.25, -0.2) is 9.07 Å². The molecular weight excluding hydrogens is 630 g/mol. The maximum absolute atomic E-state index is 17.2. The van der Waals surface area contributed by atoms with Crippen LogP contribution in [0.3, 0.4) is 0 Å². The summed E-state index contributed by atoms with van der Waals surface area (Å²) in [5, 5.41) is 17.0. The number of halogens is 5. The maximum Gasteiger partial charge on any atom is 0.429 e. The fourth-order valence-electron chi connectivity index (χ4n) is 6.47. The van der Waals surface area contributed by atoms with E-state index in [2.05, 4.69) is 20.4 Å². The molecule has 46 heavy (non-hydrogen) atoms. The van der Waals surface area contributed by atoms with Crippen molar-refractivity contribution in [2.45, 2.75) is 56.7 Å². The number of aliphatic carboxylic acids is 1. The summed E-state index contributed by atoms with van der Waals surface area (Å²) in [5.41, 5.74) is 6.49. The molecular formula is C31H32ClF4N7O3. The summed E-state index contributed by atoms with van der Waals surface area (Å²) in [5.74, 6) is -4.15. The molecule has 0 bridgehead atoms. The highest BCUT2D eigenvalue weighted by Gasteiger charge is 2.54. The lowest BCUT2D eigenvalue weighted by atomic mass is 9.76. The van der Waals surface area contributed by atoms with Crippen molar-refractivity contribution in [2.75, 3.05) is 30.3 Å². The molecule has 10 nitrogen and oxygen atoms in total. The van der Waals surface area contributed by atoms with Crippen molar-refractivity contribution in [2.24, 2.45) is 5.41 Å². The van der Waals surface area contributed by atoms with Crippen molar-refractivity contribution >= 4 is 34.9 Å². The number of carboxylic acid groups (broad SMARTS) is 1. The largest absolute Gasteiger partial charge is 0.480 e. The highest BCUT2D eigenvalue weighted by atomic mass is 35.5. The predicted octanol–water partition coefficient (Wildman–Crippen LogP) is 5.30. The second-order valence-electron chi connectivity index (χ2n) is 12.1. The number of nitrogens with two attached hydrogens (primary N) is 1. The fourth-order valence-corrected chi connectivity index (χ4v) is 6.60. The van der Waals surface area contributed by atoms with Gasteiger partial charge in [-0.15, -0.1) is 0 Å². The molecule has 4 heterocycles. The topological polar surface area (TPSA) is 131 Å². The van der Waals surface area contributed by atoms with Crippen molar-refractivity contribution in [1.82, 2.24) is 25.1 Å². The van der Waals surface area contributed by atoms with E-state index in [4.69, 9.17) is 22.1 Å². The molecule has 244 valence electrons. The van der Waals surface area contributed by atoms with Crippen LogP contribution in [-0.2, 0) is 10.6 Å². The number of benzene rings is 1. The third-order valence-electron chi connectivity index (χ3n) is 8.96. The van der Waals surface area contributed by atoms with E-state index < -0.39 is 48.0 Å². The van der Waals surface area contributed by atoms with Gasteiger partial charge in [0.15, 0.2) is 0 Å². The number of nitrogens with zero attached hydrogens (tertiary/aromatic N) is 5. The zero-order valence-corrected chi connectivity index (χ0v) is 25.5. The second-order valence-corrected chi connectivity index (χ2v) is 12.5. The number of allylic oxidation sites excluding steroid dienone is 3. The van der Waals surface area contributed by atoms with Crippen LogP contribution in [0.15, 0.2) is 60.3 Å². The molecule has 0 amide bonds. The van der Waals surface area contributed by atoms with Crippen LogP contribution in [0.25, 0.3) is 5.57 Å². The highest BCUT2D eigenvalue weighted by molar-refractivity contribution is 6.30. The van der Waals surface area contributed by atoms with Gasteiger partial charge in [-0.2, -0.15) is 28.2 Å². The lowest BCUT2D eigenvalue weighted by Crippen LogP contribution is -2.46. The average molecular weight is 662 g/mol. The molecule has 0 saturated carbocycles. The zero-order chi connectivity index (χ0) is 32.9. The number of alkyl halides is 4. The van der Waals surface area contributed by atoms with Crippen molar-refractivity contribution in [3.63, 3.8) is 0 Å². The number of nitrogens with one attached hydrogen (secondary N) is 1. The van der Waals surface area contributed by atoms with Crippen molar-refractivity contribution in [3.8, 4) is 5.88 Å². The van der Waals surface area contributed by atoms with E-state index in [1.807, 2.05) is 4.90 Å². The van der Waals surface area contributed by atoms with E-state index in [9.17, 15) is 23.1 Å². The number of aryl methyl sites for hydroxylation is 1. The first-order valence-electron chi connectivity index (χ1n) is 14.7. The molecule has 0 radical (unpaired) electrons. The third kappa shape index (κ3) is 6.27. The number of nitrogen functional groups attached to an aromatic ring is 1. The van der Waals surface area contributed by atoms with Crippen LogP contribution in [0.5, 0.6) is 5.88 Å². The first-order valence-corrected chi connectivity index (χ1v) is 15.1. The predicted molar refractivity (Wildman–Crippen MR) is 163 cm³/mol. The molecule has 2 fully saturated rings. The summed E-state index contributed by atoms with van der Waals surface area (Å²) < 4.78 is 68.0. The standard InChI is InChI=1S/C31H32ClF4N7O3/c1-18-8-11-43(41-18)30(33)15-20(19-2-5-21(32)6-3-19)4-7-22(30)26(31(34,35)36)46-25-14-24(39-28(37)40-25)42-12-9-29(10-13-42)16-23(27(44)45)38-17-29/h2-8,11,14,23,26,38H,9-10,12-13,15-17H2,1H3,(H,44,45)(H2,37,39,40)/t23?,26-,30?/m1/s1. The molecule has 2 aromatic heterocycles. The summed E-state index contributed by atoms with van der Waals surface area (Å²) in [4.78, 5) is 21.4. The van der Waals surface area contributed by atoms with Gasteiger partial charge in [-0.05, 0) is 60.9 Å². The third-order valence-corrected chi connectivity index (χ3v) is 9.22. The normalized spacial score (nSPS) is 23.6. The van der Waals surface area contributed by atoms with Crippen LogP contribution < -0.4 is 20.7 Å². The van der Waals surface area contributed by atoms with E-state index in [1.54, 1.807) is 31.2 Å². The summed E-state index contributed by atoms with van der Waals surface area (Å²) in [6.45, 7) is 3.13. The number of rotatable bonds is 7. The number of hydrogen-bond acceptors (Lipinski definition) is 8. The maximum atomic E-state index is 17.2. The van der Waals surface area contributed by atoms with Gasteiger partial charge in [0.1, 0.15) is 11.9 Å². The number of hydrogen-bond donors (Lipinski definition) is 3. The van der Waals surface area contributed by atoms with E-state index in [0.29, 0.717) is 60.7 Å². The van der Waals surface area contributed by atoms with Crippen molar-refractivity contribution < 1.29 is 32.2 Å². The van der Waals surface area contributed by atoms with Crippen LogP contribution >= 0.6 is 11.6 Å². The fraction of sp³-hybridized carbons (Fsp3) is 0.419. The molecule has 1 aliphatic carbocycles. The van der Waals surface area contributed by atoms with Gasteiger partial charge in [0.05, 0.1) is 5.69 Å². The van der Waals surface area contributed by atoms with Gasteiger partial charge in [0, 0.05) is 48.9 Å². The highest BCUT2D eigenvalue weighted by Crippen LogP contribution is 2.47. The molecule has 2 saturated heterocycles. The zero-order valence-electron chi connectivity index (χ0n) is 24.8. The van der Waals surface area contributed by atoms with Crippen LogP contribution in [0.2, 0.25) is 5.02 Å². The lowest BCUT2D eigenvalue weighted by Gasteiger charge is -2.39. The number of carboxylic acids is 1. The summed E-state index contributed by atoms with van der Waals surface area (Å²) >= 11 is 6.01. The SMILES string of the molecule is Cc1ccn(C2(F)CC(c3ccc(Cl)cc3)=CC=C2[C@@H](Oc2cc(N3CCC4(CC3)CNC(C(=O)O)C4)nc(N)n2)C(F)(F)F)n1. The second kappa shape index (κ2) is 11.9. The number of ether oxygens (including phenoxy) is 1. The molecule has 1 aromatic carbocycles. The summed E-state index contributed by atoms with van der Waals surface area (Å²) in [6.07, 6.45) is -2.64. The number of carbonyl (C=O) groups is 1. The number of anilines is 2. The minimum Gasteiger partial charge on any atom is -0.480 e. The molecule has 4 N–H and O–H groups in total. The molecule has 6 rings (SSSR count). The number of aromatic nitrogens is 4. The van der Waals surface area contributed by atoms with Crippen LogP contribution in [0.1, 0.15) is 36.9 Å². The van der Waals surface area contributed by atoms with Crippen molar-refractivity contribution in [1.29, 1.82) is 0 Å². The molecule has 1 spiro atoms. The molecule has 3 aromatic rings. The Balaban J connectivity index is 1.30. The molecule has 3 aliphatic rings. The Morgan fingerprint density at radius 2 is 1.89 bits per heavy atom. The van der Waals surface area contributed by atoms with Crippen LogP contribution in [0, 0.1) is 12.3 Å². The molecule has 2 unspecified atom stereocenters. The first-order chi connectivity index (χ1) is 21.7. The van der Waals surface area contributed by atoms with E-state index in [1.165, 1.54) is 24.4 Å². The molecule has 15 heteroatoms. The van der Waals surface area contributed by atoms with Gasteiger partial charge in [-0.3, -0.25) is 4.79 Å². The van der Waals surface area contributed by atoms with Gasteiger partial charge in [-0.1, -0.05) is 35.9 Å². The Labute approximate surface area is 266 Å². The smallest absolute Gasteiger partial charge is 0.429 e. The average Bonchev–Trinajstić information content (AvgIpc) is 3.63. The van der Waals surface area contributed by atoms with Crippen molar-refractivity contribution in [3.05, 3.63) is 76.6 Å². The Morgan fingerprint density at radius 3 is 2.50 bits per heavy atom. The summed E-state index contributed by atoms with van der Waals surface area (Å²) in [7, 11) is 0. The minimum absolute atomic E-state index is 0.194. The van der Waals surface area contributed by atoms with Gasteiger partial charge in [0.2, 0.25) is 23.7 Å². The lowest BCUT2D eigenvalue weighted by molar-refractivity contribution is -0.191. The van der Waals surface area contributed by atoms with Gasteiger partial charge < -0.3 is 25.8 Å². The van der Waals surface area contributed by atoms with Gasteiger partial charge >= 0.3 is 12.1 Å². The van der Waals surface area contributed by atoms with E-state index >= 15 is 4.39 Å².